The van der Waals surface area contributed by atoms with Crippen molar-refractivity contribution in [1.29, 1.82) is 0 Å². The first-order valence-electron chi connectivity index (χ1n) is 6.96. The number of rotatable bonds is 4. The van der Waals surface area contributed by atoms with Crippen molar-refractivity contribution < 1.29 is 0 Å². The van der Waals surface area contributed by atoms with Gasteiger partial charge in [0.15, 0.2) is 0 Å². The van der Waals surface area contributed by atoms with Crippen LogP contribution in [0.15, 0.2) is 23.4 Å². The van der Waals surface area contributed by atoms with Crippen molar-refractivity contribution in [3.63, 3.8) is 0 Å². The highest BCUT2D eigenvalue weighted by Crippen LogP contribution is 2.33. The molecule has 0 aliphatic carbocycles. The van der Waals surface area contributed by atoms with Crippen molar-refractivity contribution in [2.24, 2.45) is 0 Å². The quantitative estimate of drug-likeness (QED) is 0.761. The topological polar surface area (TPSA) is 16.1 Å². The molecule has 2 nitrogen and oxygen atoms in total. The van der Waals surface area contributed by atoms with Crippen LogP contribution in [0.25, 0.3) is 0 Å². The summed E-state index contributed by atoms with van der Waals surface area (Å²) in [5.74, 6) is 0. The van der Waals surface area contributed by atoms with Crippen LogP contribution in [0.5, 0.6) is 0 Å². The molecular formula is C15H24N2S. The summed E-state index contributed by atoms with van der Waals surface area (Å²) in [7, 11) is 0. The lowest BCUT2D eigenvalue weighted by atomic mass is 10.1. The molecule has 2 rings (SSSR count). The molecule has 2 heterocycles. The third kappa shape index (κ3) is 3.27. The van der Waals surface area contributed by atoms with E-state index in [1.54, 1.807) is 0 Å². The van der Waals surface area contributed by atoms with E-state index < -0.39 is 0 Å². The fourth-order valence-corrected chi connectivity index (χ4v) is 3.41. The van der Waals surface area contributed by atoms with Crippen LogP contribution in [0.2, 0.25) is 0 Å². The molecule has 1 atom stereocenters. The minimum absolute atomic E-state index is 0.579. The van der Waals surface area contributed by atoms with Gasteiger partial charge in [0.25, 0.3) is 0 Å². The van der Waals surface area contributed by atoms with Crippen LogP contribution in [0, 0.1) is 0 Å². The third-order valence-electron chi connectivity index (χ3n) is 3.46. The number of pyridine rings is 1. The zero-order valence-corrected chi connectivity index (χ0v) is 12.7. The molecule has 1 aromatic rings. The van der Waals surface area contributed by atoms with Gasteiger partial charge in [-0.2, -0.15) is 0 Å². The van der Waals surface area contributed by atoms with Crippen LogP contribution < -0.4 is 0 Å². The van der Waals surface area contributed by atoms with E-state index in [2.05, 4.69) is 55.9 Å². The Morgan fingerprint density at radius 2 is 2.06 bits per heavy atom. The van der Waals surface area contributed by atoms with Gasteiger partial charge < -0.3 is 0 Å². The summed E-state index contributed by atoms with van der Waals surface area (Å²) in [6, 6.07) is 5.65. The fourth-order valence-electron chi connectivity index (χ4n) is 2.67. The molecule has 18 heavy (non-hydrogen) atoms. The molecule has 100 valence electrons. The molecule has 1 fully saturated rings. The minimum Gasteiger partial charge on any atom is -0.294 e. The summed E-state index contributed by atoms with van der Waals surface area (Å²) in [5.41, 5.74) is 1.38. The average molecular weight is 264 g/mol. The Bertz CT molecular complexity index is 373. The van der Waals surface area contributed by atoms with E-state index in [-0.39, 0.29) is 0 Å². The smallest absolute Gasteiger partial charge is 0.0962 e. The van der Waals surface area contributed by atoms with E-state index >= 15 is 0 Å². The van der Waals surface area contributed by atoms with Gasteiger partial charge in [0.1, 0.15) is 0 Å². The van der Waals surface area contributed by atoms with Crippen LogP contribution in [-0.2, 0) is 0 Å². The Morgan fingerprint density at radius 1 is 1.28 bits per heavy atom. The van der Waals surface area contributed by atoms with Crippen molar-refractivity contribution in [2.75, 3.05) is 6.54 Å². The molecule has 1 aliphatic rings. The average Bonchev–Trinajstić information content (AvgIpc) is 2.78. The highest BCUT2D eigenvalue weighted by molar-refractivity contribution is 7.99. The van der Waals surface area contributed by atoms with Gasteiger partial charge in [-0.25, -0.2) is 4.98 Å². The van der Waals surface area contributed by atoms with Gasteiger partial charge in [-0.1, -0.05) is 19.9 Å². The summed E-state index contributed by atoms with van der Waals surface area (Å²) in [6.45, 7) is 10.2. The van der Waals surface area contributed by atoms with Crippen molar-refractivity contribution >= 4 is 11.8 Å². The molecule has 3 heteroatoms. The summed E-state index contributed by atoms with van der Waals surface area (Å²) < 4.78 is 0. The molecule has 0 bridgehead atoms. The van der Waals surface area contributed by atoms with Gasteiger partial charge in [0, 0.05) is 23.5 Å². The van der Waals surface area contributed by atoms with Gasteiger partial charge in [-0.05, 0) is 44.9 Å². The van der Waals surface area contributed by atoms with Crippen LogP contribution in [0.3, 0.4) is 0 Å². The largest absolute Gasteiger partial charge is 0.294 e. The van der Waals surface area contributed by atoms with Crippen LogP contribution >= 0.6 is 11.8 Å². The molecule has 1 aromatic heterocycles. The Morgan fingerprint density at radius 3 is 2.61 bits per heavy atom. The molecule has 0 radical (unpaired) electrons. The maximum atomic E-state index is 4.59. The van der Waals surface area contributed by atoms with E-state index in [0.29, 0.717) is 17.3 Å². The van der Waals surface area contributed by atoms with Gasteiger partial charge in [-0.3, -0.25) is 4.90 Å². The highest BCUT2D eigenvalue weighted by atomic mass is 32.2. The molecular weight excluding hydrogens is 240 g/mol. The minimum atomic E-state index is 0.579. The molecule has 1 unspecified atom stereocenters. The third-order valence-corrected chi connectivity index (χ3v) is 4.41. The summed E-state index contributed by atoms with van der Waals surface area (Å²) in [6.07, 6.45) is 4.66. The second kappa shape index (κ2) is 6.07. The van der Waals surface area contributed by atoms with Gasteiger partial charge in [-0.15, -0.1) is 11.8 Å². The first-order valence-corrected chi connectivity index (χ1v) is 7.84. The monoisotopic (exact) mass is 264 g/mol. The first kappa shape index (κ1) is 13.9. The molecule has 0 amide bonds. The SMILES string of the molecule is CC(C)Sc1ccc(C2CCCN2C(C)C)cn1. The first-order chi connectivity index (χ1) is 8.58. The molecule has 1 saturated heterocycles. The summed E-state index contributed by atoms with van der Waals surface area (Å²) in [4.78, 5) is 7.18. The lowest BCUT2D eigenvalue weighted by molar-refractivity contribution is 0.205. The molecule has 0 spiro atoms. The van der Waals surface area contributed by atoms with E-state index in [4.69, 9.17) is 0 Å². The zero-order chi connectivity index (χ0) is 13.1. The molecule has 0 aromatic carbocycles. The Kier molecular flexibility index (Phi) is 4.68. The van der Waals surface area contributed by atoms with Gasteiger partial charge in [0.05, 0.1) is 5.03 Å². The van der Waals surface area contributed by atoms with E-state index in [1.165, 1.54) is 24.9 Å². The number of nitrogens with zero attached hydrogens (tertiary/aromatic N) is 2. The van der Waals surface area contributed by atoms with E-state index in [0.717, 1.165) is 5.03 Å². The van der Waals surface area contributed by atoms with Crippen LogP contribution in [-0.4, -0.2) is 27.7 Å². The van der Waals surface area contributed by atoms with Gasteiger partial charge >= 0.3 is 0 Å². The number of hydrogen-bond donors (Lipinski definition) is 0. The predicted molar refractivity (Wildman–Crippen MR) is 79.0 cm³/mol. The second-order valence-corrected chi connectivity index (χ2v) is 7.18. The molecule has 0 saturated carbocycles. The van der Waals surface area contributed by atoms with Crippen molar-refractivity contribution in [1.82, 2.24) is 9.88 Å². The number of hydrogen-bond acceptors (Lipinski definition) is 3. The zero-order valence-electron chi connectivity index (χ0n) is 11.9. The lowest BCUT2D eigenvalue weighted by Gasteiger charge is -2.28. The predicted octanol–water partition coefficient (Wildman–Crippen LogP) is 4.13. The van der Waals surface area contributed by atoms with Crippen LogP contribution in [0.1, 0.15) is 52.1 Å². The van der Waals surface area contributed by atoms with Crippen molar-refractivity contribution in [3.8, 4) is 0 Å². The lowest BCUT2D eigenvalue weighted by Crippen LogP contribution is -2.30. The maximum Gasteiger partial charge on any atom is 0.0962 e. The van der Waals surface area contributed by atoms with E-state index in [1.807, 2.05) is 11.8 Å². The normalized spacial score (nSPS) is 21.1. The number of thioether (sulfide) groups is 1. The molecule has 1 aliphatic heterocycles. The maximum absolute atomic E-state index is 4.59. The fraction of sp³-hybridized carbons (Fsp3) is 0.667. The highest BCUT2D eigenvalue weighted by Gasteiger charge is 2.27. The summed E-state index contributed by atoms with van der Waals surface area (Å²) >= 11 is 1.83. The Labute approximate surface area is 115 Å². The number of aromatic nitrogens is 1. The molecule has 0 N–H and O–H groups in total. The van der Waals surface area contributed by atoms with Crippen molar-refractivity contribution in [3.05, 3.63) is 23.9 Å². The standard InChI is InChI=1S/C15H24N2S/c1-11(2)17-9-5-6-14(17)13-7-8-15(16-10-13)18-12(3)4/h7-8,10-12,14H,5-6,9H2,1-4H3. The summed E-state index contributed by atoms with van der Waals surface area (Å²) in [5, 5.41) is 1.74. The van der Waals surface area contributed by atoms with Crippen molar-refractivity contribution in [2.45, 2.75) is 62.9 Å². The Hall–Kier alpha value is -0.540. The van der Waals surface area contributed by atoms with Crippen LogP contribution in [0.4, 0.5) is 0 Å². The second-order valence-electron chi connectivity index (χ2n) is 5.59. The number of likely N-dealkylation sites (tertiary alicyclic amines) is 1. The Balaban J connectivity index is 2.09. The van der Waals surface area contributed by atoms with Gasteiger partial charge in [0.2, 0.25) is 0 Å². The van der Waals surface area contributed by atoms with E-state index in [9.17, 15) is 0 Å².